The van der Waals surface area contributed by atoms with Crippen molar-refractivity contribution in [2.24, 2.45) is 5.41 Å². The molecule has 0 aliphatic heterocycles. The number of hydrogen-bond donors (Lipinski definition) is 0. The van der Waals surface area contributed by atoms with Crippen molar-refractivity contribution in [2.75, 3.05) is 0 Å². The van der Waals surface area contributed by atoms with Gasteiger partial charge in [-0.3, -0.25) is 6.29 Å². The fraction of sp³-hybridized carbons (Fsp3) is 0.800. The molecule has 106 valence electrons. The van der Waals surface area contributed by atoms with E-state index < -0.39 is 24.7 Å². The molecule has 0 saturated carbocycles. The van der Waals surface area contributed by atoms with E-state index in [9.17, 15) is 31.1 Å². The smallest absolute Gasteiger partial charge is 0.541 e. The molecule has 0 aromatic rings. The molecule has 0 spiro atoms. The Morgan fingerprint density at radius 3 is 1.17 bits per heavy atom. The fourth-order valence-corrected chi connectivity index (χ4v) is 0.562. The first-order chi connectivity index (χ1) is 7.25. The van der Waals surface area contributed by atoms with Gasteiger partial charge in [-0.15, -0.1) is 11.3 Å². The van der Waals surface area contributed by atoms with Gasteiger partial charge >= 0.3 is 31.1 Å². The third-order valence-corrected chi connectivity index (χ3v) is 1.34. The molecular formula is C10H14F6OU. The van der Waals surface area contributed by atoms with Crippen LogP contribution in [0.5, 0.6) is 0 Å². The molecule has 0 aromatic carbocycles. The van der Waals surface area contributed by atoms with E-state index in [0.717, 1.165) is 6.92 Å². The van der Waals surface area contributed by atoms with E-state index in [1.807, 2.05) is 27.1 Å². The Balaban J connectivity index is -0.000000277. The molecule has 0 heterocycles. The summed E-state index contributed by atoms with van der Waals surface area (Å²) < 4.78 is 68.8. The quantitative estimate of drug-likeness (QED) is 0.388. The van der Waals surface area contributed by atoms with E-state index in [1.54, 1.807) is 0 Å². The molecule has 0 aliphatic rings. The standard InChI is InChI=1S/C5H5F6.C5H9O.U/c1-2-3(4(6,7)8)5(9,10)11;1-5(2,3)4-6;/h2H2,1H3;1-3H3;/q2*-1;+2. The van der Waals surface area contributed by atoms with E-state index in [-0.39, 0.29) is 36.5 Å². The van der Waals surface area contributed by atoms with Crippen molar-refractivity contribution in [3.05, 3.63) is 5.92 Å². The normalized spacial score (nSPS) is 12.4. The maximum Gasteiger partial charge on any atom is 2.00 e. The maximum atomic E-state index is 11.5. The summed E-state index contributed by atoms with van der Waals surface area (Å²) in [5.74, 6) is -2.34. The van der Waals surface area contributed by atoms with Gasteiger partial charge in [0.25, 0.3) is 12.4 Å². The first kappa shape index (κ1) is 23.4. The summed E-state index contributed by atoms with van der Waals surface area (Å²) in [5.41, 5.74) is -0.264. The van der Waals surface area contributed by atoms with Gasteiger partial charge in [-0.05, 0) is 0 Å². The van der Waals surface area contributed by atoms with Gasteiger partial charge in [0.05, 0.1) is 0 Å². The van der Waals surface area contributed by atoms with Crippen LogP contribution in [0.25, 0.3) is 0 Å². The molecule has 0 bridgehead atoms. The summed E-state index contributed by atoms with van der Waals surface area (Å²) in [6.07, 6.45) is -9.71. The molecule has 1 nitrogen and oxygen atoms in total. The maximum absolute atomic E-state index is 11.5. The molecule has 0 atom stereocenters. The minimum Gasteiger partial charge on any atom is -0.541 e. The largest absolute Gasteiger partial charge is 2.00 e. The molecular weight excluding hydrogens is 488 g/mol. The van der Waals surface area contributed by atoms with Crippen LogP contribution in [0.4, 0.5) is 26.3 Å². The van der Waals surface area contributed by atoms with Crippen molar-refractivity contribution in [1.82, 2.24) is 0 Å². The molecule has 0 N–H and O–H groups in total. The zero-order valence-corrected chi connectivity index (χ0v) is 14.5. The van der Waals surface area contributed by atoms with Crippen molar-refractivity contribution in [3.63, 3.8) is 0 Å². The second kappa shape index (κ2) is 8.47. The number of alkyl halides is 6. The molecule has 0 unspecified atom stereocenters. The summed E-state index contributed by atoms with van der Waals surface area (Å²) in [6.45, 7) is 6.27. The summed E-state index contributed by atoms with van der Waals surface area (Å²) in [6, 6.07) is 0. The molecule has 0 radical (unpaired) electrons. The summed E-state index contributed by atoms with van der Waals surface area (Å²) in [5, 5.41) is 0. The summed E-state index contributed by atoms with van der Waals surface area (Å²) >= 11 is 0. The molecule has 0 rings (SSSR count). The molecule has 8 heteroatoms. The van der Waals surface area contributed by atoms with Crippen LogP contribution >= 0.6 is 0 Å². The summed E-state index contributed by atoms with van der Waals surface area (Å²) in [7, 11) is 0. The SMILES string of the molecule is CC(C)(C)[C-]=O.CC[C-](C(F)(F)F)C(F)(F)F.[U+2]. The van der Waals surface area contributed by atoms with E-state index >= 15 is 0 Å². The minimum atomic E-state index is -5.26. The van der Waals surface area contributed by atoms with Crippen LogP contribution in [-0.2, 0) is 4.79 Å². The number of hydrogen-bond acceptors (Lipinski definition) is 1. The average Bonchev–Trinajstić information content (AvgIpc) is 1.99. The van der Waals surface area contributed by atoms with Gasteiger partial charge in [0.1, 0.15) is 0 Å². The molecule has 0 saturated heterocycles. The average molecular weight is 502 g/mol. The Labute approximate surface area is 126 Å². The second-order valence-electron chi connectivity index (χ2n) is 4.18. The van der Waals surface area contributed by atoms with Gasteiger partial charge in [0.2, 0.25) is 0 Å². The minimum absolute atomic E-state index is 0. The van der Waals surface area contributed by atoms with Crippen molar-refractivity contribution in [2.45, 2.75) is 46.5 Å². The van der Waals surface area contributed by atoms with Crippen LogP contribution in [0, 0.1) is 42.4 Å². The van der Waals surface area contributed by atoms with Crippen LogP contribution in [0.2, 0.25) is 0 Å². The Kier molecular flexibility index (Phi) is 11.0. The zero-order valence-electron chi connectivity index (χ0n) is 10.4. The number of rotatable bonds is 1. The summed E-state index contributed by atoms with van der Waals surface area (Å²) in [4.78, 5) is 9.70. The van der Waals surface area contributed by atoms with Crippen molar-refractivity contribution >= 4 is 6.29 Å². The number of halogens is 6. The van der Waals surface area contributed by atoms with E-state index in [0.29, 0.717) is 0 Å². The topological polar surface area (TPSA) is 17.1 Å². The van der Waals surface area contributed by atoms with Crippen molar-refractivity contribution in [3.8, 4) is 0 Å². The van der Waals surface area contributed by atoms with Gasteiger partial charge in [0, 0.05) is 0 Å². The molecule has 0 aliphatic carbocycles. The Morgan fingerprint density at radius 2 is 1.17 bits per heavy atom. The van der Waals surface area contributed by atoms with Crippen molar-refractivity contribution in [1.29, 1.82) is 0 Å². The van der Waals surface area contributed by atoms with Gasteiger partial charge in [-0.2, -0.15) is 6.42 Å². The van der Waals surface area contributed by atoms with Crippen LogP contribution in [0.3, 0.4) is 0 Å². The number of carbonyl (C=O) groups excluding carboxylic acids is 1. The van der Waals surface area contributed by atoms with Gasteiger partial charge in [-0.1, -0.05) is 27.7 Å². The first-order valence-corrected chi connectivity index (χ1v) is 4.65. The second-order valence-corrected chi connectivity index (χ2v) is 4.18. The van der Waals surface area contributed by atoms with Gasteiger partial charge in [-0.25, -0.2) is 26.3 Å². The molecule has 18 heavy (non-hydrogen) atoms. The van der Waals surface area contributed by atoms with Crippen LogP contribution in [0.1, 0.15) is 34.1 Å². The predicted octanol–water partition coefficient (Wildman–Crippen LogP) is 4.24. The van der Waals surface area contributed by atoms with Crippen LogP contribution in [-0.4, -0.2) is 18.6 Å². The first-order valence-electron chi connectivity index (χ1n) is 4.65. The molecule has 0 amide bonds. The van der Waals surface area contributed by atoms with E-state index in [4.69, 9.17) is 0 Å². The predicted molar refractivity (Wildman–Crippen MR) is 50.8 cm³/mol. The fourth-order valence-electron chi connectivity index (χ4n) is 0.562. The van der Waals surface area contributed by atoms with Crippen molar-refractivity contribution < 1.29 is 62.3 Å². The molecule has 0 aromatic heterocycles. The third-order valence-electron chi connectivity index (χ3n) is 1.34. The monoisotopic (exact) mass is 502 g/mol. The Hall–Kier alpha value is 0.302. The van der Waals surface area contributed by atoms with Crippen LogP contribution in [0.15, 0.2) is 0 Å². The zero-order chi connectivity index (χ0) is 14.5. The van der Waals surface area contributed by atoms with E-state index in [2.05, 4.69) is 0 Å². The van der Waals surface area contributed by atoms with E-state index in [1.165, 1.54) is 0 Å². The third kappa shape index (κ3) is 12.8. The Morgan fingerprint density at radius 1 is 0.944 bits per heavy atom. The van der Waals surface area contributed by atoms with Gasteiger partial charge in [0.15, 0.2) is 0 Å². The molecule has 0 fully saturated rings. The van der Waals surface area contributed by atoms with Gasteiger partial charge < -0.3 is 4.79 Å². The Bertz CT molecular complexity index is 214. The van der Waals surface area contributed by atoms with Crippen LogP contribution < -0.4 is 0 Å².